The van der Waals surface area contributed by atoms with Gasteiger partial charge in [0, 0.05) is 12.2 Å². The zero-order valence-corrected chi connectivity index (χ0v) is 9.91. The highest BCUT2D eigenvalue weighted by Gasteiger charge is 2.05. The van der Waals surface area contributed by atoms with Gasteiger partial charge < -0.3 is 15.7 Å². The van der Waals surface area contributed by atoms with Gasteiger partial charge in [0.1, 0.15) is 0 Å². The lowest BCUT2D eigenvalue weighted by Gasteiger charge is -2.10. The Kier molecular flexibility index (Phi) is 4.51. The highest BCUT2D eigenvalue weighted by atomic mass is 16.4. The van der Waals surface area contributed by atoms with Crippen molar-refractivity contribution in [1.82, 2.24) is 5.32 Å². The van der Waals surface area contributed by atoms with Crippen molar-refractivity contribution in [3.63, 3.8) is 0 Å². The minimum absolute atomic E-state index is 0.0831. The number of hydrogen-bond acceptors (Lipinski definition) is 2. The van der Waals surface area contributed by atoms with Crippen LogP contribution in [0.25, 0.3) is 0 Å². The largest absolute Gasteiger partial charge is 0.481 e. The maximum Gasteiger partial charge on any atom is 0.319 e. The Hall–Kier alpha value is -2.04. The average Bonchev–Trinajstić information content (AvgIpc) is 2.24. The van der Waals surface area contributed by atoms with Crippen molar-refractivity contribution in [2.45, 2.75) is 20.3 Å². The number of urea groups is 1. The van der Waals surface area contributed by atoms with Gasteiger partial charge in [0.2, 0.25) is 0 Å². The van der Waals surface area contributed by atoms with Crippen molar-refractivity contribution in [3.05, 3.63) is 29.3 Å². The third-order valence-electron chi connectivity index (χ3n) is 2.48. The quantitative estimate of drug-likeness (QED) is 0.747. The van der Waals surface area contributed by atoms with Crippen LogP contribution in [0.1, 0.15) is 17.5 Å². The first-order valence-electron chi connectivity index (χ1n) is 5.33. The molecule has 0 spiro atoms. The monoisotopic (exact) mass is 236 g/mol. The smallest absolute Gasteiger partial charge is 0.319 e. The molecule has 0 saturated carbocycles. The predicted octanol–water partition coefficient (Wildman–Crippen LogP) is 1.90. The van der Waals surface area contributed by atoms with E-state index in [9.17, 15) is 9.59 Å². The second-order valence-electron chi connectivity index (χ2n) is 3.77. The van der Waals surface area contributed by atoms with E-state index < -0.39 is 5.97 Å². The first-order valence-corrected chi connectivity index (χ1v) is 5.33. The van der Waals surface area contributed by atoms with Crippen molar-refractivity contribution in [2.75, 3.05) is 11.9 Å². The van der Waals surface area contributed by atoms with Crippen molar-refractivity contribution in [3.8, 4) is 0 Å². The minimum atomic E-state index is -0.933. The number of amides is 2. The summed E-state index contributed by atoms with van der Waals surface area (Å²) in [5.74, 6) is -0.933. The number of carbonyl (C=O) groups excluding carboxylic acids is 1. The molecule has 0 radical (unpaired) electrons. The van der Waals surface area contributed by atoms with Crippen molar-refractivity contribution >= 4 is 17.7 Å². The number of aryl methyl sites for hydroxylation is 1. The molecule has 1 rings (SSSR count). The Bertz CT molecular complexity index is 430. The zero-order chi connectivity index (χ0) is 12.8. The maximum absolute atomic E-state index is 11.4. The average molecular weight is 236 g/mol. The number of carbonyl (C=O) groups is 2. The number of carboxylic acids is 1. The van der Waals surface area contributed by atoms with Crippen LogP contribution in [0.4, 0.5) is 10.5 Å². The van der Waals surface area contributed by atoms with Crippen LogP contribution in [-0.2, 0) is 4.79 Å². The van der Waals surface area contributed by atoms with Gasteiger partial charge in [-0.15, -0.1) is 0 Å². The number of rotatable bonds is 4. The molecule has 0 atom stereocenters. The van der Waals surface area contributed by atoms with Crippen LogP contribution in [0.3, 0.4) is 0 Å². The molecule has 0 unspecified atom stereocenters. The van der Waals surface area contributed by atoms with Gasteiger partial charge in [0.15, 0.2) is 0 Å². The third-order valence-corrected chi connectivity index (χ3v) is 2.48. The van der Waals surface area contributed by atoms with Crippen LogP contribution < -0.4 is 10.6 Å². The van der Waals surface area contributed by atoms with Crippen LogP contribution in [0.15, 0.2) is 18.2 Å². The molecule has 0 heterocycles. The molecule has 0 bridgehead atoms. The summed E-state index contributed by atoms with van der Waals surface area (Å²) in [5, 5.41) is 13.6. The topological polar surface area (TPSA) is 78.4 Å². The van der Waals surface area contributed by atoms with E-state index in [0.29, 0.717) is 0 Å². The Morgan fingerprint density at radius 2 is 2.00 bits per heavy atom. The molecule has 5 nitrogen and oxygen atoms in total. The van der Waals surface area contributed by atoms with Crippen molar-refractivity contribution in [1.29, 1.82) is 0 Å². The van der Waals surface area contributed by atoms with Gasteiger partial charge in [-0.3, -0.25) is 4.79 Å². The standard InChI is InChI=1S/C12H16N2O3/c1-8-4-3-5-10(9(8)2)14-12(17)13-7-6-11(15)16/h3-5H,6-7H2,1-2H3,(H,15,16)(H2,13,14,17). The second kappa shape index (κ2) is 5.89. The molecule has 1 aromatic rings. The number of carboxylic acid groups (broad SMARTS) is 1. The van der Waals surface area contributed by atoms with Gasteiger partial charge in [0.05, 0.1) is 6.42 Å². The Morgan fingerprint density at radius 1 is 1.29 bits per heavy atom. The fourth-order valence-electron chi connectivity index (χ4n) is 1.34. The number of hydrogen-bond donors (Lipinski definition) is 3. The molecule has 17 heavy (non-hydrogen) atoms. The van der Waals surface area contributed by atoms with E-state index >= 15 is 0 Å². The summed E-state index contributed by atoms with van der Waals surface area (Å²) in [6.45, 7) is 4.00. The van der Waals surface area contributed by atoms with Gasteiger partial charge in [-0.1, -0.05) is 12.1 Å². The van der Waals surface area contributed by atoms with Gasteiger partial charge >= 0.3 is 12.0 Å². The van der Waals surface area contributed by atoms with Gasteiger partial charge in [-0.2, -0.15) is 0 Å². The highest BCUT2D eigenvalue weighted by Crippen LogP contribution is 2.17. The molecule has 0 aliphatic carbocycles. The summed E-state index contributed by atoms with van der Waals surface area (Å²) in [7, 11) is 0. The molecule has 5 heteroatoms. The van der Waals surface area contributed by atoms with Crippen LogP contribution >= 0.6 is 0 Å². The summed E-state index contributed by atoms with van der Waals surface area (Å²) >= 11 is 0. The van der Waals surface area contributed by atoms with Crippen LogP contribution in [0.5, 0.6) is 0 Å². The van der Waals surface area contributed by atoms with E-state index in [-0.39, 0.29) is 19.0 Å². The number of anilines is 1. The SMILES string of the molecule is Cc1cccc(NC(=O)NCCC(=O)O)c1C. The lowest BCUT2D eigenvalue weighted by Crippen LogP contribution is -2.30. The van der Waals surface area contributed by atoms with Crippen LogP contribution in [0.2, 0.25) is 0 Å². The summed E-state index contributed by atoms with van der Waals surface area (Å²) in [6, 6.07) is 5.23. The summed E-state index contributed by atoms with van der Waals surface area (Å²) in [6.07, 6.45) is -0.0831. The molecular formula is C12H16N2O3. The number of aliphatic carboxylic acids is 1. The lowest BCUT2D eigenvalue weighted by molar-refractivity contribution is -0.136. The molecule has 1 aromatic carbocycles. The molecule has 92 valence electrons. The second-order valence-corrected chi connectivity index (χ2v) is 3.77. The predicted molar refractivity (Wildman–Crippen MR) is 65.2 cm³/mol. The normalized spacial score (nSPS) is 9.76. The zero-order valence-electron chi connectivity index (χ0n) is 9.91. The molecule has 0 saturated heterocycles. The van der Waals surface area contributed by atoms with Gasteiger partial charge in [-0.25, -0.2) is 4.79 Å². The highest BCUT2D eigenvalue weighted by molar-refractivity contribution is 5.90. The summed E-state index contributed by atoms with van der Waals surface area (Å²) < 4.78 is 0. The maximum atomic E-state index is 11.4. The first-order chi connectivity index (χ1) is 8.00. The number of nitrogens with one attached hydrogen (secondary N) is 2. The number of benzene rings is 1. The molecule has 0 aliphatic heterocycles. The molecule has 3 N–H and O–H groups in total. The molecule has 2 amide bonds. The fraction of sp³-hybridized carbons (Fsp3) is 0.333. The van der Waals surface area contributed by atoms with E-state index in [1.807, 2.05) is 26.0 Å². The van der Waals surface area contributed by atoms with E-state index in [1.54, 1.807) is 6.07 Å². The van der Waals surface area contributed by atoms with Crippen LogP contribution in [0, 0.1) is 13.8 Å². The van der Waals surface area contributed by atoms with Crippen molar-refractivity contribution < 1.29 is 14.7 Å². The van der Waals surface area contributed by atoms with Crippen molar-refractivity contribution in [2.24, 2.45) is 0 Å². The van der Waals surface area contributed by atoms with E-state index in [4.69, 9.17) is 5.11 Å². The lowest BCUT2D eigenvalue weighted by atomic mass is 10.1. The Balaban J connectivity index is 2.51. The van der Waals surface area contributed by atoms with Gasteiger partial charge in [-0.05, 0) is 31.0 Å². The molecule has 0 aliphatic rings. The minimum Gasteiger partial charge on any atom is -0.481 e. The molecular weight excluding hydrogens is 220 g/mol. The summed E-state index contributed by atoms with van der Waals surface area (Å²) in [4.78, 5) is 21.7. The summed E-state index contributed by atoms with van der Waals surface area (Å²) in [5.41, 5.74) is 2.83. The van der Waals surface area contributed by atoms with E-state index in [0.717, 1.165) is 16.8 Å². The third kappa shape index (κ3) is 4.14. The Labute approximate surface area is 99.8 Å². The van der Waals surface area contributed by atoms with E-state index in [2.05, 4.69) is 10.6 Å². The van der Waals surface area contributed by atoms with E-state index in [1.165, 1.54) is 0 Å². The fourth-order valence-corrected chi connectivity index (χ4v) is 1.34. The van der Waals surface area contributed by atoms with Crippen LogP contribution in [-0.4, -0.2) is 23.7 Å². The Morgan fingerprint density at radius 3 is 2.65 bits per heavy atom. The first kappa shape index (κ1) is 13.0. The van der Waals surface area contributed by atoms with Gasteiger partial charge in [0.25, 0.3) is 0 Å². The molecule has 0 fully saturated rings. The molecule has 0 aromatic heterocycles.